The maximum atomic E-state index is 14.3. The minimum atomic E-state index is -0.734. The maximum absolute atomic E-state index is 14.3. The standard InChI is InChI=1S/C23H20F3N3O/c1-15-5-10-19(27)3-2-4-22(23(30)28-20-11-8-17(24)9-12-20)29(15)14-16-6-7-18(25)13-21(16)26/h3-13H,1-2,14,27H2,(H,28,30)/b10-5-,19-3+,22-4-. The van der Waals surface area contributed by atoms with Crippen molar-refractivity contribution in [3.63, 3.8) is 0 Å². The molecule has 0 radical (unpaired) electrons. The summed E-state index contributed by atoms with van der Waals surface area (Å²) in [6, 6.07) is 8.56. The second kappa shape index (κ2) is 9.17. The lowest BCUT2D eigenvalue weighted by Crippen LogP contribution is -2.30. The first kappa shape index (κ1) is 21.0. The Balaban J connectivity index is 1.95. The predicted octanol–water partition coefficient (Wildman–Crippen LogP) is 4.74. The first-order chi connectivity index (χ1) is 14.3. The highest BCUT2D eigenvalue weighted by Crippen LogP contribution is 2.23. The van der Waals surface area contributed by atoms with E-state index in [0.29, 0.717) is 23.5 Å². The van der Waals surface area contributed by atoms with Crippen molar-refractivity contribution >= 4 is 11.6 Å². The van der Waals surface area contributed by atoms with E-state index in [0.717, 1.165) is 12.1 Å². The third-order valence-corrected chi connectivity index (χ3v) is 4.45. The number of amides is 1. The monoisotopic (exact) mass is 411 g/mol. The fourth-order valence-electron chi connectivity index (χ4n) is 2.87. The summed E-state index contributed by atoms with van der Waals surface area (Å²) in [5.74, 6) is -2.35. The van der Waals surface area contributed by atoms with Crippen LogP contribution >= 0.6 is 0 Å². The number of hydrogen-bond acceptors (Lipinski definition) is 3. The van der Waals surface area contributed by atoms with Crippen LogP contribution in [0.15, 0.2) is 90.4 Å². The highest BCUT2D eigenvalue weighted by atomic mass is 19.1. The van der Waals surface area contributed by atoms with Crippen LogP contribution in [0.2, 0.25) is 0 Å². The Bertz CT molecular complexity index is 1060. The molecule has 0 bridgehead atoms. The molecule has 2 aromatic carbocycles. The number of benzene rings is 2. The SMILES string of the molecule is C=C1/C=C\C(N)=C/C/C=C(/C(=O)Nc2ccc(F)cc2)N1Cc1ccc(F)cc1F. The third kappa shape index (κ3) is 5.20. The van der Waals surface area contributed by atoms with E-state index in [1.165, 1.54) is 35.2 Å². The highest BCUT2D eigenvalue weighted by molar-refractivity contribution is 6.03. The molecule has 7 heteroatoms. The topological polar surface area (TPSA) is 58.4 Å². The van der Waals surface area contributed by atoms with Crippen LogP contribution in [-0.4, -0.2) is 10.8 Å². The molecule has 4 nitrogen and oxygen atoms in total. The van der Waals surface area contributed by atoms with Gasteiger partial charge in [0.15, 0.2) is 0 Å². The fourth-order valence-corrected chi connectivity index (χ4v) is 2.87. The molecule has 0 spiro atoms. The summed E-state index contributed by atoms with van der Waals surface area (Å²) in [5, 5.41) is 2.69. The normalized spacial score (nSPS) is 18.9. The van der Waals surface area contributed by atoms with Gasteiger partial charge in [-0.1, -0.05) is 24.8 Å². The number of carbonyl (C=O) groups excluding carboxylic acids is 1. The Morgan fingerprint density at radius 1 is 1.03 bits per heavy atom. The summed E-state index contributed by atoms with van der Waals surface area (Å²) in [6.07, 6.45) is 6.93. The second-order valence-corrected chi connectivity index (χ2v) is 6.64. The molecule has 0 unspecified atom stereocenters. The van der Waals surface area contributed by atoms with Gasteiger partial charge in [-0.05, 0) is 48.9 Å². The van der Waals surface area contributed by atoms with Crippen LogP contribution in [0.5, 0.6) is 0 Å². The van der Waals surface area contributed by atoms with E-state index in [4.69, 9.17) is 5.73 Å². The van der Waals surface area contributed by atoms with Gasteiger partial charge in [-0.15, -0.1) is 0 Å². The number of nitrogens with two attached hydrogens (primary N) is 1. The number of rotatable bonds is 4. The Kier molecular flexibility index (Phi) is 6.41. The van der Waals surface area contributed by atoms with Gasteiger partial charge in [0.1, 0.15) is 23.1 Å². The molecule has 1 amide bonds. The lowest BCUT2D eigenvalue weighted by molar-refractivity contribution is -0.114. The molecule has 1 heterocycles. The molecule has 0 atom stereocenters. The molecular formula is C23H20F3N3O. The summed E-state index contributed by atoms with van der Waals surface area (Å²) in [6.45, 7) is 3.90. The van der Waals surface area contributed by atoms with Gasteiger partial charge in [0.25, 0.3) is 5.91 Å². The smallest absolute Gasteiger partial charge is 0.271 e. The van der Waals surface area contributed by atoms with Crippen molar-refractivity contribution in [2.75, 3.05) is 5.32 Å². The van der Waals surface area contributed by atoms with Crippen LogP contribution in [0.25, 0.3) is 0 Å². The Hall–Kier alpha value is -3.74. The van der Waals surface area contributed by atoms with Crippen LogP contribution in [0.3, 0.4) is 0 Å². The van der Waals surface area contributed by atoms with Crippen molar-refractivity contribution in [1.82, 2.24) is 4.90 Å². The van der Waals surface area contributed by atoms with Crippen LogP contribution < -0.4 is 11.1 Å². The number of hydrogen-bond donors (Lipinski definition) is 2. The highest BCUT2D eigenvalue weighted by Gasteiger charge is 2.21. The van der Waals surface area contributed by atoms with Gasteiger partial charge in [-0.2, -0.15) is 0 Å². The largest absolute Gasteiger partial charge is 0.399 e. The summed E-state index contributed by atoms with van der Waals surface area (Å²) in [4.78, 5) is 14.5. The molecule has 0 saturated carbocycles. The number of allylic oxidation sites excluding steroid dienone is 4. The van der Waals surface area contributed by atoms with E-state index in [1.54, 1.807) is 24.3 Å². The molecule has 154 valence electrons. The van der Waals surface area contributed by atoms with E-state index < -0.39 is 23.4 Å². The first-order valence-electron chi connectivity index (χ1n) is 9.14. The number of carbonyl (C=O) groups is 1. The summed E-state index contributed by atoms with van der Waals surface area (Å²) < 4.78 is 40.7. The van der Waals surface area contributed by atoms with Crippen molar-refractivity contribution in [3.05, 3.63) is 113 Å². The number of nitrogens with zero attached hydrogens (tertiary/aromatic N) is 1. The summed E-state index contributed by atoms with van der Waals surface area (Å²) in [7, 11) is 0. The zero-order valence-electron chi connectivity index (χ0n) is 16.0. The third-order valence-electron chi connectivity index (χ3n) is 4.45. The average molecular weight is 411 g/mol. The van der Waals surface area contributed by atoms with E-state index in [2.05, 4.69) is 11.9 Å². The molecule has 1 aliphatic heterocycles. The minimum absolute atomic E-state index is 0.0577. The van der Waals surface area contributed by atoms with E-state index in [1.807, 2.05) is 0 Å². The second-order valence-electron chi connectivity index (χ2n) is 6.64. The maximum Gasteiger partial charge on any atom is 0.271 e. The van der Waals surface area contributed by atoms with Gasteiger partial charge in [0.05, 0.1) is 6.54 Å². The summed E-state index contributed by atoms with van der Waals surface area (Å²) >= 11 is 0. The van der Waals surface area contributed by atoms with Gasteiger partial charge >= 0.3 is 0 Å². The average Bonchev–Trinajstić information content (AvgIpc) is 2.77. The molecule has 0 saturated heterocycles. The molecule has 30 heavy (non-hydrogen) atoms. The Labute approximate surface area is 172 Å². The van der Waals surface area contributed by atoms with Gasteiger partial charge < -0.3 is 16.0 Å². The zero-order valence-corrected chi connectivity index (χ0v) is 16.0. The number of nitrogens with one attached hydrogen (secondary N) is 1. The number of halogens is 3. The van der Waals surface area contributed by atoms with E-state index in [-0.39, 0.29) is 17.8 Å². The van der Waals surface area contributed by atoms with Crippen LogP contribution in [0.1, 0.15) is 12.0 Å². The van der Waals surface area contributed by atoms with Crippen LogP contribution in [0.4, 0.5) is 18.9 Å². The molecule has 0 fully saturated rings. The number of anilines is 1. The predicted molar refractivity (Wildman–Crippen MR) is 110 cm³/mol. The van der Waals surface area contributed by atoms with E-state index in [9.17, 15) is 18.0 Å². The van der Waals surface area contributed by atoms with Gasteiger partial charge in [-0.25, -0.2) is 13.2 Å². The van der Waals surface area contributed by atoms with Gasteiger partial charge in [-0.3, -0.25) is 4.79 Å². The summed E-state index contributed by atoms with van der Waals surface area (Å²) in [5.41, 5.74) is 7.53. The van der Waals surface area contributed by atoms with Gasteiger partial charge in [0, 0.05) is 28.7 Å². The molecule has 1 aliphatic rings. The Morgan fingerprint density at radius 3 is 2.43 bits per heavy atom. The van der Waals surface area contributed by atoms with Crippen LogP contribution in [0, 0.1) is 17.5 Å². The fraction of sp³-hybridized carbons (Fsp3) is 0.0870. The molecule has 3 N–H and O–H groups in total. The van der Waals surface area contributed by atoms with Crippen molar-refractivity contribution in [2.45, 2.75) is 13.0 Å². The lowest BCUT2D eigenvalue weighted by Gasteiger charge is -2.27. The lowest BCUT2D eigenvalue weighted by atomic mass is 10.1. The molecule has 2 aromatic rings. The van der Waals surface area contributed by atoms with Crippen molar-refractivity contribution in [3.8, 4) is 0 Å². The quantitative estimate of drug-likeness (QED) is 0.764. The van der Waals surface area contributed by atoms with E-state index >= 15 is 0 Å². The first-order valence-corrected chi connectivity index (χ1v) is 9.14. The Morgan fingerprint density at radius 2 is 1.73 bits per heavy atom. The molecular weight excluding hydrogens is 391 g/mol. The van der Waals surface area contributed by atoms with Gasteiger partial charge in [0.2, 0.25) is 0 Å². The van der Waals surface area contributed by atoms with Crippen molar-refractivity contribution in [1.29, 1.82) is 0 Å². The van der Waals surface area contributed by atoms with Crippen LogP contribution in [-0.2, 0) is 11.3 Å². The molecule has 0 aromatic heterocycles. The molecule has 3 rings (SSSR count). The molecule has 0 aliphatic carbocycles. The zero-order chi connectivity index (χ0) is 21.7. The minimum Gasteiger partial charge on any atom is -0.399 e. The van der Waals surface area contributed by atoms with Crippen molar-refractivity contribution in [2.24, 2.45) is 5.73 Å². The van der Waals surface area contributed by atoms with Crippen molar-refractivity contribution < 1.29 is 18.0 Å².